The molecule has 2 aliphatic rings. The van der Waals surface area contributed by atoms with Gasteiger partial charge in [0.15, 0.2) is 6.04 Å². The Morgan fingerprint density at radius 3 is 2.53 bits per heavy atom. The van der Waals surface area contributed by atoms with Gasteiger partial charge in [-0.1, -0.05) is 30.3 Å². The summed E-state index contributed by atoms with van der Waals surface area (Å²) in [5.74, 6) is 1.55. The smallest absolute Gasteiger partial charge is 0.333 e. The van der Waals surface area contributed by atoms with E-state index >= 15 is 0 Å². The number of rotatable bonds is 5. The Morgan fingerprint density at radius 2 is 1.90 bits per heavy atom. The minimum Gasteiger partial charge on any atom is -0.427 e. The van der Waals surface area contributed by atoms with Gasteiger partial charge in [-0.15, -0.1) is 11.8 Å². The van der Waals surface area contributed by atoms with Gasteiger partial charge in [-0.2, -0.15) is 0 Å². The van der Waals surface area contributed by atoms with Crippen LogP contribution in [-0.2, 0) is 23.9 Å². The number of β-lactam (4-membered cyclic amide) rings is 1. The number of hydrogen-bond acceptors (Lipinski definition) is 7. The quantitative estimate of drug-likeness (QED) is 0.309. The standard InChI is InChI=1S/C22H26N2O5S/c1-21(2,3)20(27)29-13-28-19(26)16-22(4,5)30-18-15(17(25)24(16)18)23-12-11-14-9-7-6-8-10-14/h6-11,15-16,18H,13H2,1-5H3/t15-,16-,18+/m0/s1. The molecule has 0 radical (unpaired) electrons. The third-order valence-electron chi connectivity index (χ3n) is 4.88. The van der Waals surface area contributed by atoms with Crippen LogP contribution >= 0.6 is 11.8 Å². The van der Waals surface area contributed by atoms with Crippen LogP contribution in [-0.4, -0.2) is 57.6 Å². The predicted octanol–water partition coefficient (Wildman–Crippen LogP) is 2.89. The van der Waals surface area contributed by atoms with E-state index in [0.717, 1.165) is 5.56 Å². The number of hydrogen-bond donors (Lipinski definition) is 0. The Morgan fingerprint density at radius 1 is 1.23 bits per heavy atom. The third kappa shape index (κ3) is 4.45. The molecule has 0 saturated carbocycles. The van der Waals surface area contributed by atoms with E-state index in [4.69, 9.17) is 9.47 Å². The Bertz CT molecular complexity index is 900. The van der Waals surface area contributed by atoms with Gasteiger partial charge in [0, 0.05) is 10.8 Å². The average molecular weight is 431 g/mol. The number of benzene rings is 1. The number of esters is 2. The number of carbonyl (C=O) groups excluding carboxylic acids is 3. The molecule has 160 valence electrons. The van der Waals surface area contributed by atoms with E-state index in [-0.39, 0.29) is 11.3 Å². The van der Waals surface area contributed by atoms with E-state index in [9.17, 15) is 14.4 Å². The fraction of sp³-hybridized carbons (Fsp3) is 0.500. The number of ether oxygens (including phenoxy) is 2. The first-order valence-corrected chi connectivity index (χ1v) is 10.6. The summed E-state index contributed by atoms with van der Waals surface area (Å²) in [6, 6.07) is 8.24. The molecule has 3 atom stereocenters. The summed E-state index contributed by atoms with van der Waals surface area (Å²) < 4.78 is 9.61. The zero-order valence-electron chi connectivity index (χ0n) is 17.7. The SMILES string of the molecule is CC(C)(C)C(=O)OCOC(=O)[C@@H]1N2C(=O)[C@H](N=C=Cc3ccccc3)[C@H]2SC1(C)C. The van der Waals surface area contributed by atoms with Gasteiger partial charge in [-0.25, -0.2) is 9.79 Å². The number of amides is 1. The molecule has 2 saturated heterocycles. The molecule has 0 spiro atoms. The maximum atomic E-state index is 12.7. The summed E-state index contributed by atoms with van der Waals surface area (Å²) in [7, 11) is 0. The van der Waals surface area contributed by atoms with Crippen LogP contribution in [0.5, 0.6) is 0 Å². The number of fused-ring (bicyclic) bond motifs is 1. The van der Waals surface area contributed by atoms with E-state index in [1.54, 1.807) is 26.8 Å². The topological polar surface area (TPSA) is 85.3 Å². The van der Waals surface area contributed by atoms with Crippen molar-refractivity contribution in [2.24, 2.45) is 10.4 Å². The maximum absolute atomic E-state index is 12.7. The molecule has 7 nitrogen and oxygen atoms in total. The van der Waals surface area contributed by atoms with Gasteiger partial charge < -0.3 is 14.4 Å². The Kier molecular flexibility index (Phi) is 6.11. The highest BCUT2D eigenvalue weighted by Crippen LogP contribution is 2.51. The largest absolute Gasteiger partial charge is 0.427 e. The Hall–Kier alpha value is -2.57. The fourth-order valence-corrected chi connectivity index (χ4v) is 4.88. The molecular formula is C22H26N2O5S. The number of carbonyl (C=O) groups is 3. The van der Waals surface area contributed by atoms with Crippen molar-refractivity contribution < 1.29 is 23.9 Å². The van der Waals surface area contributed by atoms with Crippen LogP contribution in [0.25, 0.3) is 6.08 Å². The number of thioether (sulfide) groups is 1. The number of nitrogens with zero attached hydrogens (tertiary/aromatic N) is 2. The van der Waals surface area contributed by atoms with Crippen molar-refractivity contribution in [2.45, 2.75) is 56.8 Å². The van der Waals surface area contributed by atoms with Gasteiger partial charge >= 0.3 is 11.9 Å². The Balaban J connectivity index is 1.63. The summed E-state index contributed by atoms with van der Waals surface area (Å²) in [5, 5.41) is -0.251. The molecule has 2 fully saturated rings. The van der Waals surface area contributed by atoms with E-state index in [1.807, 2.05) is 44.2 Å². The van der Waals surface area contributed by atoms with Crippen LogP contribution in [0.2, 0.25) is 0 Å². The van der Waals surface area contributed by atoms with Gasteiger partial charge in [0.25, 0.3) is 5.91 Å². The minimum absolute atomic E-state index is 0.235. The molecule has 1 aromatic rings. The highest BCUT2D eigenvalue weighted by molar-refractivity contribution is 8.01. The zero-order chi connectivity index (χ0) is 22.1. The molecule has 8 heteroatoms. The van der Waals surface area contributed by atoms with Crippen molar-refractivity contribution in [3.05, 3.63) is 35.9 Å². The molecule has 30 heavy (non-hydrogen) atoms. The first-order valence-electron chi connectivity index (χ1n) is 9.70. The number of aliphatic imine (C=N–C) groups is 1. The average Bonchev–Trinajstić information content (AvgIpc) is 2.93. The van der Waals surface area contributed by atoms with Gasteiger partial charge in [-0.05, 0) is 46.1 Å². The van der Waals surface area contributed by atoms with Crippen molar-refractivity contribution >= 4 is 41.6 Å². The summed E-state index contributed by atoms with van der Waals surface area (Å²) in [5.41, 5.74) is 0.252. The van der Waals surface area contributed by atoms with Crippen LogP contribution in [0.1, 0.15) is 40.2 Å². The van der Waals surface area contributed by atoms with E-state index in [1.165, 1.54) is 16.7 Å². The van der Waals surface area contributed by atoms with Crippen molar-refractivity contribution in [1.82, 2.24) is 4.90 Å². The summed E-state index contributed by atoms with van der Waals surface area (Å²) >= 11 is 1.51. The van der Waals surface area contributed by atoms with Crippen molar-refractivity contribution in [2.75, 3.05) is 6.79 Å². The maximum Gasteiger partial charge on any atom is 0.333 e. The predicted molar refractivity (Wildman–Crippen MR) is 115 cm³/mol. The van der Waals surface area contributed by atoms with Crippen molar-refractivity contribution in [1.29, 1.82) is 0 Å². The van der Waals surface area contributed by atoms with E-state index in [2.05, 4.69) is 10.9 Å². The molecule has 0 unspecified atom stereocenters. The van der Waals surface area contributed by atoms with E-state index < -0.39 is 41.0 Å². The molecule has 2 heterocycles. The summed E-state index contributed by atoms with van der Waals surface area (Å²) in [6.45, 7) is 8.44. The lowest BCUT2D eigenvalue weighted by Gasteiger charge is -2.41. The lowest BCUT2D eigenvalue weighted by Crippen LogP contribution is -2.65. The molecule has 0 N–H and O–H groups in total. The first kappa shape index (κ1) is 22.1. The lowest BCUT2D eigenvalue weighted by molar-refractivity contribution is -0.179. The molecule has 0 aliphatic carbocycles. The van der Waals surface area contributed by atoms with Crippen LogP contribution in [0.3, 0.4) is 0 Å². The van der Waals surface area contributed by atoms with Crippen LogP contribution in [0.15, 0.2) is 35.3 Å². The highest BCUT2D eigenvalue weighted by Gasteiger charge is 2.64. The zero-order valence-corrected chi connectivity index (χ0v) is 18.6. The Labute approximate surface area is 180 Å². The second-order valence-electron chi connectivity index (χ2n) is 8.78. The van der Waals surface area contributed by atoms with Gasteiger partial charge in [0.2, 0.25) is 6.79 Å². The summed E-state index contributed by atoms with van der Waals surface area (Å²) in [4.78, 5) is 42.9. The van der Waals surface area contributed by atoms with Crippen molar-refractivity contribution in [3.63, 3.8) is 0 Å². The molecule has 0 bridgehead atoms. The first-order chi connectivity index (χ1) is 14.0. The monoisotopic (exact) mass is 430 g/mol. The van der Waals surface area contributed by atoms with Gasteiger partial charge in [0.1, 0.15) is 11.4 Å². The molecule has 2 aliphatic heterocycles. The van der Waals surface area contributed by atoms with Gasteiger partial charge in [0.05, 0.1) is 5.41 Å². The van der Waals surface area contributed by atoms with Crippen LogP contribution < -0.4 is 0 Å². The van der Waals surface area contributed by atoms with E-state index in [0.29, 0.717) is 0 Å². The van der Waals surface area contributed by atoms with Crippen LogP contribution in [0.4, 0.5) is 0 Å². The normalized spacial score (nSPS) is 24.2. The molecule has 1 amide bonds. The second kappa shape index (κ2) is 8.28. The fourth-order valence-electron chi connectivity index (χ4n) is 3.27. The molecular weight excluding hydrogens is 404 g/mol. The molecule has 0 aromatic heterocycles. The minimum atomic E-state index is -0.766. The van der Waals surface area contributed by atoms with Crippen molar-refractivity contribution in [3.8, 4) is 0 Å². The van der Waals surface area contributed by atoms with Gasteiger partial charge in [-0.3, -0.25) is 9.59 Å². The second-order valence-corrected chi connectivity index (χ2v) is 10.6. The molecule has 3 rings (SSSR count). The van der Waals surface area contributed by atoms with Crippen LogP contribution in [0, 0.1) is 5.41 Å². The molecule has 1 aromatic carbocycles. The third-order valence-corrected chi connectivity index (χ3v) is 6.44. The lowest BCUT2D eigenvalue weighted by atomic mass is 9.96. The highest BCUT2D eigenvalue weighted by atomic mass is 32.2. The summed E-state index contributed by atoms with van der Waals surface area (Å²) in [6.07, 6.45) is 1.72.